The van der Waals surface area contributed by atoms with E-state index in [0.29, 0.717) is 0 Å². The van der Waals surface area contributed by atoms with E-state index in [1.807, 2.05) is 25.1 Å². The average molecular weight is 472 g/mol. The van der Waals surface area contributed by atoms with Crippen LogP contribution in [0.4, 0.5) is 15.8 Å². The summed E-state index contributed by atoms with van der Waals surface area (Å²) >= 11 is 1.70. The van der Waals surface area contributed by atoms with E-state index < -0.39 is 0 Å². The number of carbonyl (C=O) groups is 1. The van der Waals surface area contributed by atoms with Gasteiger partial charge in [0.2, 0.25) is 5.91 Å². The standard InChI is InChI=1S/C22H26FN3OS.2ClH/c1-16-4-2-5-19-21(16)24-22(27)20(28-19)6-3-11-25-12-14-26(15-13-25)18-9-7-17(23)8-10-18;;/h2,4-5,7-10,20H,3,6,11-15H2,1H3,(H,24,27);2*1H. The number of thioether (sulfide) groups is 1. The zero-order chi connectivity index (χ0) is 19.5. The number of carbonyl (C=O) groups excluding carboxylic acids is 1. The Kier molecular flexibility index (Phi) is 9.29. The van der Waals surface area contributed by atoms with Crippen molar-refractivity contribution in [1.82, 2.24) is 4.90 Å². The van der Waals surface area contributed by atoms with E-state index in [1.54, 1.807) is 11.8 Å². The van der Waals surface area contributed by atoms with Crippen molar-refractivity contribution in [2.24, 2.45) is 0 Å². The Labute approximate surface area is 194 Å². The second kappa shape index (κ2) is 11.2. The van der Waals surface area contributed by atoms with Crippen LogP contribution in [0.15, 0.2) is 47.4 Å². The van der Waals surface area contributed by atoms with E-state index in [1.165, 1.54) is 17.0 Å². The quantitative estimate of drug-likeness (QED) is 0.665. The lowest BCUT2D eigenvalue weighted by molar-refractivity contribution is -0.116. The minimum atomic E-state index is -0.190. The third kappa shape index (κ3) is 5.82. The zero-order valence-corrected chi connectivity index (χ0v) is 19.4. The number of nitrogens with zero attached hydrogens (tertiary/aromatic N) is 2. The number of aryl methyl sites for hydroxylation is 1. The predicted molar refractivity (Wildman–Crippen MR) is 128 cm³/mol. The normalized spacial score (nSPS) is 18.7. The summed E-state index contributed by atoms with van der Waals surface area (Å²) in [5.41, 5.74) is 3.19. The van der Waals surface area contributed by atoms with Gasteiger partial charge in [-0.3, -0.25) is 9.69 Å². The molecule has 0 radical (unpaired) electrons. The summed E-state index contributed by atoms with van der Waals surface area (Å²) in [7, 11) is 0. The Morgan fingerprint density at radius 2 is 1.77 bits per heavy atom. The molecule has 1 N–H and O–H groups in total. The number of anilines is 2. The molecule has 2 aromatic carbocycles. The first-order valence-corrected chi connectivity index (χ1v) is 10.8. The molecule has 8 heteroatoms. The van der Waals surface area contributed by atoms with E-state index in [2.05, 4.69) is 27.2 Å². The summed E-state index contributed by atoms with van der Waals surface area (Å²) in [4.78, 5) is 18.4. The fraction of sp³-hybridized carbons (Fsp3) is 0.409. The molecule has 0 bridgehead atoms. The van der Waals surface area contributed by atoms with Crippen molar-refractivity contribution in [3.05, 3.63) is 53.8 Å². The van der Waals surface area contributed by atoms with Gasteiger partial charge in [0.25, 0.3) is 0 Å². The Morgan fingerprint density at radius 3 is 2.47 bits per heavy atom. The van der Waals surface area contributed by atoms with Gasteiger partial charge < -0.3 is 10.2 Å². The fourth-order valence-corrected chi connectivity index (χ4v) is 5.13. The zero-order valence-electron chi connectivity index (χ0n) is 17.0. The molecule has 2 aromatic rings. The van der Waals surface area contributed by atoms with Crippen molar-refractivity contribution in [3.8, 4) is 0 Å². The Hall–Kier alpha value is -1.47. The molecule has 0 saturated carbocycles. The smallest absolute Gasteiger partial charge is 0.237 e. The van der Waals surface area contributed by atoms with E-state index in [0.717, 1.165) is 62.5 Å². The van der Waals surface area contributed by atoms with Crippen LogP contribution in [0.25, 0.3) is 0 Å². The number of rotatable bonds is 5. The summed E-state index contributed by atoms with van der Waals surface area (Å²) < 4.78 is 13.1. The summed E-state index contributed by atoms with van der Waals surface area (Å²) in [6.45, 7) is 6.97. The summed E-state index contributed by atoms with van der Waals surface area (Å²) in [5, 5.41) is 3.08. The van der Waals surface area contributed by atoms with E-state index >= 15 is 0 Å². The lowest BCUT2D eigenvalue weighted by Crippen LogP contribution is -2.46. The van der Waals surface area contributed by atoms with Crippen molar-refractivity contribution in [3.63, 3.8) is 0 Å². The van der Waals surface area contributed by atoms with Crippen LogP contribution in [-0.4, -0.2) is 48.8 Å². The molecule has 30 heavy (non-hydrogen) atoms. The Balaban J connectivity index is 0.00000160. The Bertz CT molecular complexity index is 845. The van der Waals surface area contributed by atoms with E-state index in [-0.39, 0.29) is 41.8 Å². The minimum Gasteiger partial charge on any atom is -0.369 e. The van der Waals surface area contributed by atoms with Crippen LogP contribution in [0.2, 0.25) is 0 Å². The molecule has 1 amide bonds. The first-order valence-electron chi connectivity index (χ1n) is 9.90. The molecule has 2 heterocycles. The maximum absolute atomic E-state index is 13.1. The third-order valence-corrected chi connectivity index (χ3v) is 6.88. The molecule has 4 nitrogen and oxygen atoms in total. The predicted octanol–water partition coefficient (Wildman–Crippen LogP) is 4.99. The monoisotopic (exact) mass is 471 g/mol. The second-order valence-corrected chi connectivity index (χ2v) is 8.74. The first kappa shape index (κ1) is 24.8. The van der Waals surface area contributed by atoms with Gasteiger partial charge in [-0.15, -0.1) is 36.6 Å². The highest BCUT2D eigenvalue weighted by atomic mass is 35.5. The van der Waals surface area contributed by atoms with E-state index in [4.69, 9.17) is 0 Å². The van der Waals surface area contributed by atoms with Crippen molar-refractivity contribution in [2.45, 2.75) is 29.9 Å². The van der Waals surface area contributed by atoms with Crippen LogP contribution in [0.5, 0.6) is 0 Å². The molecule has 164 valence electrons. The van der Waals surface area contributed by atoms with Gasteiger partial charge in [-0.25, -0.2) is 4.39 Å². The van der Waals surface area contributed by atoms with Gasteiger partial charge in [0.05, 0.1) is 10.9 Å². The van der Waals surface area contributed by atoms with Gasteiger partial charge in [0, 0.05) is 36.8 Å². The minimum absolute atomic E-state index is 0. The number of para-hydroxylation sites is 1. The van der Waals surface area contributed by atoms with Gasteiger partial charge in [-0.05, 0) is 62.2 Å². The van der Waals surface area contributed by atoms with Gasteiger partial charge in [-0.1, -0.05) is 12.1 Å². The van der Waals surface area contributed by atoms with Gasteiger partial charge in [0.15, 0.2) is 0 Å². The number of amides is 1. The number of fused-ring (bicyclic) bond motifs is 1. The molecule has 2 aliphatic heterocycles. The fourth-order valence-electron chi connectivity index (χ4n) is 3.88. The molecular weight excluding hydrogens is 444 g/mol. The van der Waals surface area contributed by atoms with Crippen LogP contribution >= 0.6 is 36.6 Å². The van der Waals surface area contributed by atoms with Crippen molar-refractivity contribution in [1.29, 1.82) is 0 Å². The number of halogens is 3. The van der Waals surface area contributed by atoms with Crippen LogP contribution in [0.3, 0.4) is 0 Å². The van der Waals surface area contributed by atoms with Crippen molar-refractivity contribution < 1.29 is 9.18 Å². The second-order valence-electron chi connectivity index (χ2n) is 7.49. The molecule has 1 fully saturated rings. The molecular formula is C22H28Cl2FN3OS. The summed E-state index contributed by atoms with van der Waals surface area (Å²) in [6.07, 6.45) is 1.91. The summed E-state index contributed by atoms with van der Waals surface area (Å²) in [6, 6.07) is 12.9. The van der Waals surface area contributed by atoms with Gasteiger partial charge >= 0.3 is 0 Å². The molecule has 1 unspecified atom stereocenters. The molecule has 1 atom stereocenters. The van der Waals surface area contributed by atoms with Crippen LogP contribution in [0.1, 0.15) is 18.4 Å². The number of nitrogens with one attached hydrogen (secondary N) is 1. The molecule has 0 aromatic heterocycles. The molecule has 1 saturated heterocycles. The third-order valence-electron chi connectivity index (χ3n) is 5.55. The topological polar surface area (TPSA) is 35.6 Å². The first-order chi connectivity index (χ1) is 13.6. The van der Waals surface area contributed by atoms with Crippen LogP contribution in [-0.2, 0) is 4.79 Å². The molecule has 0 aliphatic carbocycles. The van der Waals surface area contributed by atoms with Crippen LogP contribution < -0.4 is 10.2 Å². The number of piperazine rings is 1. The van der Waals surface area contributed by atoms with Crippen molar-refractivity contribution >= 4 is 53.9 Å². The lowest BCUT2D eigenvalue weighted by atomic mass is 10.1. The lowest BCUT2D eigenvalue weighted by Gasteiger charge is -2.36. The Morgan fingerprint density at radius 1 is 1.07 bits per heavy atom. The number of hydrogen-bond donors (Lipinski definition) is 1. The highest BCUT2D eigenvalue weighted by Crippen LogP contribution is 2.39. The SMILES string of the molecule is Cc1cccc2c1NC(=O)C(CCCN1CCN(c3ccc(F)cc3)CC1)S2.Cl.Cl. The van der Waals surface area contributed by atoms with Crippen LogP contribution in [0, 0.1) is 12.7 Å². The van der Waals surface area contributed by atoms with Gasteiger partial charge in [-0.2, -0.15) is 0 Å². The van der Waals surface area contributed by atoms with Crippen molar-refractivity contribution in [2.75, 3.05) is 42.9 Å². The van der Waals surface area contributed by atoms with E-state index in [9.17, 15) is 9.18 Å². The summed E-state index contributed by atoms with van der Waals surface area (Å²) in [5.74, 6) is -0.0577. The molecule has 2 aliphatic rings. The van der Waals surface area contributed by atoms with Gasteiger partial charge in [0.1, 0.15) is 5.82 Å². The average Bonchev–Trinajstić information content (AvgIpc) is 2.70. The maximum Gasteiger partial charge on any atom is 0.237 e. The number of benzene rings is 2. The molecule has 4 rings (SSSR count). The number of hydrogen-bond acceptors (Lipinski definition) is 4. The largest absolute Gasteiger partial charge is 0.369 e. The maximum atomic E-state index is 13.1. The molecule has 0 spiro atoms. The highest BCUT2D eigenvalue weighted by Gasteiger charge is 2.27. The highest BCUT2D eigenvalue weighted by molar-refractivity contribution is 8.01.